The van der Waals surface area contributed by atoms with Crippen LogP contribution in [-0.4, -0.2) is 61.5 Å². The number of nitrogens with zero attached hydrogens (tertiary/aromatic N) is 2. The molecule has 0 spiro atoms. The van der Waals surface area contributed by atoms with Gasteiger partial charge >= 0.3 is 11.9 Å². The number of carbonyl (C=O) groups excluding carboxylic acids is 1. The maximum atomic E-state index is 13.9. The first-order chi connectivity index (χ1) is 18.8. The van der Waals surface area contributed by atoms with Crippen LogP contribution in [0.1, 0.15) is 49.3 Å². The number of benzene rings is 1. The van der Waals surface area contributed by atoms with Gasteiger partial charge in [0.2, 0.25) is 0 Å². The van der Waals surface area contributed by atoms with Crippen LogP contribution in [-0.2, 0) is 25.1 Å². The van der Waals surface area contributed by atoms with Crippen molar-refractivity contribution in [1.29, 1.82) is 0 Å². The van der Waals surface area contributed by atoms with Crippen LogP contribution in [0.5, 0.6) is 5.75 Å². The summed E-state index contributed by atoms with van der Waals surface area (Å²) in [5, 5.41) is 0. The van der Waals surface area contributed by atoms with Gasteiger partial charge in [-0.15, -0.1) is 0 Å². The first-order valence-electron chi connectivity index (χ1n) is 12.2. The van der Waals surface area contributed by atoms with Gasteiger partial charge in [0.05, 0.1) is 19.8 Å². The molecular weight excluding hydrogens is 537 g/mol. The van der Waals surface area contributed by atoms with Gasteiger partial charge in [0.1, 0.15) is 37.0 Å². The highest BCUT2D eigenvalue weighted by Gasteiger charge is 2.41. The van der Waals surface area contributed by atoms with E-state index in [4.69, 9.17) is 23.7 Å². The molecule has 0 unspecified atom stereocenters. The molecule has 40 heavy (non-hydrogen) atoms. The molecule has 0 saturated carbocycles. The van der Waals surface area contributed by atoms with Crippen LogP contribution in [0.4, 0.5) is 13.2 Å². The molecule has 2 heterocycles. The average Bonchev–Trinajstić information content (AvgIpc) is 3.28. The van der Waals surface area contributed by atoms with Crippen LogP contribution >= 0.6 is 0 Å². The van der Waals surface area contributed by atoms with Gasteiger partial charge in [0.25, 0.3) is 11.5 Å². The molecule has 1 aliphatic rings. The molecule has 0 bridgehead atoms. The zero-order valence-corrected chi connectivity index (χ0v) is 22.7. The third kappa shape index (κ3) is 7.60. The Hall–Kier alpha value is -3.44. The van der Waals surface area contributed by atoms with Crippen molar-refractivity contribution in [2.75, 3.05) is 34.2 Å². The van der Waals surface area contributed by atoms with Crippen molar-refractivity contribution in [2.24, 2.45) is 5.41 Å². The number of alkyl halides is 3. The molecule has 0 N–H and O–H groups in total. The highest BCUT2D eigenvalue weighted by atomic mass is 19.4. The van der Waals surface area contributed by atoms with Crippen molar-refractivity contribution in [3.63, 3.8) is 0 Å². The largest absolute Gasteiger partial charge is 0.497 e. The first kappa shape index (κ1) is 31.1. The summed E-state index contributed by atoms with van der Waals surface area (Å²) >= 11 is 0. The summed E-state index contributed by atoms with van der Waals surface area (Å²) in [5.74, 6) is 5.02. The molecule has 0 amide bonds. The van der Waals surface area contributed by atoms with E-state index >= 15 is 0 Å². The highest BCUT2D eigenvalue weighted by Crippen LogP contribution is 2.32. The first-order valence-corrected chi connectivity index (χ1v) is 12.2. The fourth-order valence-corrected chi connectivity index (χ4v) is 3.91. The minimum Gasteiger partial charge on any atom is -0.497 e. The van der Waals surface area contributed by atoms with E-state index in [0.29, 0.717) is 16.5 Å². The van der Waals surface area contributed by atoms with E-state index in [1.165, 1.54) is 38.5 Å². The second-order valence-corrected chi connectivity index (χ2v) is 9.95. The molecule has 1 aromatic carbocycles. The molecule has 2 aromatic rings. The van der Waals surface area contributed by atoms with E-state index in [-0.39, 0.29) is 42.0 Å². The van der Waals surface area contributed by atoms with Gasteiger partial charge in [-0.2, -0.15) is 17.7 Å². The zero-order chi connectivity index (χ0) is 29.7. The fraction of sp³-hybridized carbons (Fsp3) is 0.519. The smallest absolute Gasteiger partial charge is 0.423 e. The van der Waals surface area contributed by atoms with Crippen LogP contribution in [0.2, 0.25) is 0 Å². The van der Waals surface area contributed by atoms with Crippen molar-refractivity contribution in [3.05, 3.63) is 62.4 Å². The minimum atomic E-state index is -5.16. The summed E-state index contributed by atoms with van der Waals surface area (Å²) in [7, 11) is 2.80. The standard InChI is InChI=1S/C27H31F3N2O8/c1-26(2,3)11-6-12-39-20-13-22(40-21(20)15-38-16-36-4)31-14-19(27(28,29)30)24(34)32(25(31)35)23(33)17-7-9-18(37-5)10-8-17/h7-10,14,20-22H,12-13,15-16H2,1-5H3/t20-,21+,22+/m0/s1. The Labute approximate surface area is 228 Å². The number of rotatable bonds is 9. The number of hydrogen-bond acceptors (Lipinski definition) is 8. The molecule has 3 rings (SSSR count). The van der Waals surface area contributed by atoms with Crippen molar-refractivity contribution in [3.8, 4) is 17.6 Å². The van der Waals surface area contributed by atoms with Crippen molar-refractivity contribution in [1.82, 2.24) is 9.13 Å². The van der Waals surface area contributed by atoms with Gasteiger partial charge in [-0.1, -0.05) is 11.8 Å². The van der Waals surface area contributed by atoms with Crippen molar-refractivity contribution < 1.29 is 41.7 Å². The lowest BCUT2D eigenvalue weighted by Gasteiger charge is -2.19. The van der Waals surface area contributed by atoms with Gasteiger partial charge < -0.3 is 23.7 Å². The molecule has 0 radical (unpaired) electrons. The zero-order valence-electron chi connectivity index (χ0n) is 22.7. The van der Waals surface area contributed by atoms with E-state index in [2.05, 4.69) is 11.8 Å². The van der Waals surface area contributed by atoms with Crippen LogP contribution in [0.3, 0.4) is 0 Å². The predicted molar refractivity (Wildman–Crippen MR) is 136 cm³/mol. The van der Waals surface area contributed by atoms with Gasteiger partial charge in [-0.05, 0) is 45.0 Å². The second-order valence-electron chi connectivity index (χ2n) is 9.95. The Morgan fingerprint density at radius 3 is 2.38 bits per heavy atom. The number of hydrogen-bond donors (Lipinski definition) is 0. The molecule has 1 saturated heterocycles. The predicted octanol–water partition coefficient (Wildman–Crippen LogP) is 3.07. The van der Waals surface area contributed by atoms with Gasteiger partial charge in [-0.3, -0.25) is 14.2 Å². The number of halogens is 3. The molecule has 13 heteroatoms. The number of methoxy groups -OCH3 is 2. The third-order valence-corrected chi connectivity index (χ3v) is 5.77. The van der Waals surface area contributed by atoms with Crippen molar-refractivity contribution >= 4 is 5.91 Å². The number of ether oxygens (including phenoxy) is 5. The normalized spacial score (nSPS) is 19.2. The summed E-state index contributed by atoms with van der Waals surface area (Å²) in [6.45, 7) is 5.61. The molecule has 3 atom stereocenters. The van der Waals surface area contributed by atoms with Gasteiger partial charge in [0, 0.05) is 30.7 Å². The summed E-state index contributed by atoms with van der Waals surface area (Å²) in [6, 6.07) is 5.21. The average molecular weight is 569 g/mol. The van der Waals surface area contributed by atoms with E-state index in [1.807, 2.05) is 20.8 Å². The summed E-state index contributed by atoms with van der Waals surface area (Å²) in [5.41, 5.74) is -5.26. The van der Waals surface area contributed by atoms with E-state index in [9.17, 15) is 27.6 Å². The monoisotopic (exact) mass is 568 g/mol. The van der Waals surface area contributed by atoms with Crippen molar-refractivity contribution in [2.45, 2.75) is 51.8 Å². The topological polar surface area (TPSA) is 107 Å². The summed E-state index contributed by atoms with van der Waals surface area (Å²) in [6.07, 6.45) is -7.72. The maximum Gasteiger partial charge on any atom is 0.423 e. The maximum absolute atomic E-state index is 13.9. The third-order valence-electron chi connectivity index (χ3n) is 5.77. The molecule has 1 aliphatic heterocycles. The fourth-order valence-electron chi connectivity index (χ4n) is 3.91. The lowest BCUT2D eigenvalue weighted by atomic mass is 9.98. The summed E-state index contributed by atoms with van der Waals surface area (Å²) in [4.78, 5) is 39.2. The van der Waals surface area contributed by atoms with Gasteiger partial charge in [-0.25, -0.2) is 4.79 Å². The Bertz CT molecular complexity index is 1360. The lowest BCUT2D eigenvalue weighted by Crippen LogP contribution is -2.47. The van der Waals surface area contributed by atoms with Crippen LogP contribution < -0.4 is 16.0 Å². The molecular formula is C27H31F3N2O8. The number of carbonyl (C=O) groups is 1. The lowest BCUT2D eigenvalue weighted by molar-refractivity contribution is -0.140. The Morgan fingerprint density at radius 1 is 1.12 bits per heavy atom. The Balaban J connectivity index is 2.02. The van der Waals surface area contributed by atoms with Crippen LogP contribution in [0.15, 0.2) is 40.1 Å². The van der Waals surface area contributed by atoms with Crippen LogP contribution in [0.25, 0.3) is 0 Å². The summed E-state index contributed by atoms with van der Waals surface area (Å²) < 4.78 is 69.1. The molecule has 10 nitrogen and oxygen atoms in total. The molecule has 1 aromatic heterocycles. The Morgan fingerprint density at radius 2 is 1.80 bits per heavy atom. The molecule has 1 fully saturated rings. The SMILES string of the molecule is COCOC[C@H]1O[C@@H](n2cc(C(F)(F)F)c(=O)n(C(=O)c3ccc(OC)cc3)c2=O)C[C@@H]1OCC#CC(C)(C)C. The number of aromatic nitrogens is 2. The Kier molecular flexibility index (Phi) is 9.96. The second kappa shape index (κ2) is 12.8. The van der Waals surface area contributed by atoms with Gasteiger partial charge in [0.15, 0.2) is 0 Å². The highest BCUT2D eigenvalue weighted by molar-refractivity contribution is 5.95. The van der Waals surface area contributed by atoms with E-state index in [1.54, 1.807) is 0 Å². The van der Waals surface area contributed by atoms with E-state index in [0.717, 1.165) is 0 Å². The van der Waals surface area contributed by atoms with E-state index < -0.39 is 47.3 Å². The molecule has 218 valence electrons. The minimum absolute atomic E-state index is 0.00303. The molecule has 0 aliphatic carbocycles. The van der Waals surface area contributed by atoms with Crippen LogP contribution in [0, 0.1) is 17.3 Å². The quantitative estimate of drug-likeness (QED) is 0.258.